The van der Waals surface area contributed by atoms with Gasteiger partial charge in [0.25, 0.3) is 0 Å². The van der Waals surface area contributed by atoms with Crippen molar-refractivity contribution in [3.63, 3.8) is 0 Å². The van der Waals surface area contributed by atoms with Gasteiger partial charge < -0.3 is 8.98 Å². The second-order valence-corrected chi connectivity index (χ2v) is 17.4. The Hall–Kier alpha value is -5.33. The lowest BCUT2D eigenvalue weighted by Crippen LogP contribution is -2.48. The molecule has 12 heteroatoms. The summed E-state index contributed by atoms with van der Waals surface area (Å²) in [7, 11) is 15.6. The van der Waals surface area contributed by atoms with Crippen molar-refractivity contribution in [2.45, 2.75) is 19.3 Å². The number of nitrogens with zero attached hydrogens (tertiary/aromatic N) is 3. The molecule has 0 unspecified atom stereocenters. The number of aromatic nitrogens is 3. The second-order valence-electron chi connectivity index (χ2n) is 16.3. The largest absolute Gasteiger partial charge is 0.456 e. The van der Waals surface area contributed by atoms with Crippen molar-refractivity contribution < 1.29 is 4.42 Å². The number of benzene rings is 6. The molecule has 11 rings (SSSR count). The van der Waals surface area contributed by atoms with E-state index in [2.05, 4.69) is 158 Å². The second kappa shape index (κ2) is 11.1. The van der Waals surface area contributed by atoms with Crippen LogP contribution in [0.3, 0.4) is 0 Å². The van der Waals surface area contributed by atoms with Gasteiger partial charge in [-0.3, -0.25) is 0 Å². The van der Waals surface area contributed by atoms with Crippen molar-refractivity contribution >= 4 is 169 Å². The van der Waals surface area contributed by atoms with Crippen molar-refractivity contribution in [1.29, 1.82) is 0 Å². The number of fused-ring (bicyclic) bond motifs is 11. The molecule has 0 radical (unpaired) electrons. The molecule has 1 aliphatic heterocycles. The van der Waals surface area contributed by atoms with Crippen LogP contribution in [-0.4, -0.2) is 69.5 Å². The summed E-state index contributed by atoms with van der Waals surface area (Å²) < 4.78 is 12.2. The van der Waals surface area contributed by atoms with E-state index in [0.29, 0.717) is 0 Å². The van der Waals surface area contributed by atoms with Gasteiger partial charge in [-0.05, 0) is 41.5 Å². The van der Waals surface area contributed by atoms with E-state index in [1.165, 1.54) is 97.0 Å². The molecule has 0 saturated heterocycles. The summed E-state index contributed by atoms with van der Waals surface area (Å²) in [6.45, 7) is 4.73. The Labute approximate surface area is 329 Å². The number of thiophene rings is 1. The number of rotatable bonds is 2. The fraction of sp³-hybridized carbons (Fsp3) is 0.0698. The molecular formula is C43H34B7N3OS. The fourth-order valence-electron chi connectivity index (χ4n) is 9.79. The maximum atomic E-state index is 7.05. The van der Waals surface area contributed by atoms with Crippen LogP contribution in [0, 0.1) is 0 Å². The van der Waals surface area contributed by atoms with Gasteiger partial charge in [0.1, 0.15) is 66.1 Å². The van der Waals surface area contributed by atoms with E-state index in [4.69, 9.17) is 14.4 Å². The Morgan fingerprint density at radius 3 is 2.07 bits per heavy atom. The van der Waals surface area contributed by atoms with Crippen LogP contribution >= 0.6 is 11.3 Å². The summed E-state index contributed by atoms with van der Waals surface area (Å²) in [5.74, 6) is 0.718. The van der Waals surface area contributed by atoms with Gasteiger partial charge in [0, 0.05) is 48.2 Å². The number of furan rings is 1. The van der Waals surface area contributed by atoms with Gasteiger partial charge in [0.2, 0.25) is 0 Å². The van der Waals surface area contributed by atoms with Crippen molar-refractivity contribution in [3.05, 3.63) is 96.1 Å². The molecule has 0 saturated carbocycles. The van der Waals surface area contributed by atoms with Gasteiger partial charge in [-0.25, -0.2) is 9.97 Å². The molecular weight excluding hydrogens is 682 g/mol. The average Bonchev–Trinajstić information content (AvgIpc) is 3.87. The predicted octanol–water partition coefficient (Wildman–Crippen LogP) is -0.377. The molecule has 4 aromatic heterocycles. The summed E-state index contributed by atoms with van der Waals surface area (Å²) in [6.07, 6.45) is 0. The third-order valence-electron chi connectivity index (χ3n) is 13.4. The Kier molecular flexibility index (Phi) is 6.69. The first kappa shape index (κ1) is 33.0. The van der Waals surface area contributed by atoms with Crippen LogP contribution in [0.15, 0.2) is 89.3 Å². The van der Waals surface area contributed by atoms with E-state index >= 15 is 0 Å². The molecule has 0 bridgehead atoms. The summed E-state index contributed by atoms with van der Waals surface area (Å²) in [4.78, 5) is 10.8. The standard InChI is InChI=1S/C43H34B7N3OS/c1-43(2)21-11-7-10-20-37(21)53(38-19-9-4-6-13-25(19)55-41(20)38)24-15-14-17(16-22(24)43)42-51-23-12-5-3-8-18(23)36(52-42)28-31(46)32(47)29(44)26-27-30(45)33(48)34(49)35(50)40(27)54-39(26)28/h3-16H,44-50H2,1-2H3. The molecule has 0 aliphatic carbocycles. The summed E-state index contributed by atoms with van der Waals surface area (Å²) >= 11 is 1.90. The van der Waals surface area contributed by atoms with Gasteiger partial charge in [0.15, 0.2) is 5.82 Å². The zero-order valence-electron chi connectivity index (χ0n) is 32.7. The summed E-state index contributed by atoms with van der Waals surface area (Å²) in [6, 6.07) is 31.0. The third-order valence-corrected chi connectivity index (χ3v) is 14.6. The Morgan fingerprint density at radius 1 is 0.600 bits per heavy atom. The summed E-state index contributed by atoms with van der Waals surface area (Å²) in [5.41, 5.74) is 20.8. The Balaban J connectivity index is 1.20. The van der Waals surface area contributed by atoms with Gasteiger partial charge in [-0.2, -0.15) is 0 Å². The molecule has 6 aromatic carbocycles. The van der Waals surface area contributed by atoms with E-state index in [9.17, 15) is 0 Å². The smallest absolute Gasteiger partial charge is 0.160 e. The Bertz CT molecular complexity index is 3400. The van der Waals surface area contributed by atoms with Gasteiger partial charge >= 0.3 is 0 Å². The van der Waals surface area contributed by atoms with Gasteiger partial charge in [-0.15, -0.1) is 16.8 Å². The van der Waals surface area contributed by atoms with Crippen LogP contribution in [0.4, 0.5) is 0 Å². The number of hydrogen-bond acceptors (Lipinski definition) is 4. The highest BCUT2D eigenvalue weighted by Gasteiger charge is 2.36. The topological polar surface area (TPSA) is 43.9 Å². The first-order chi connectivity index (χ1) is 26.5. The SMILES string of the molecule is Bc1c(B)c(B)c2c(oc3c(-c4nc(-c5ccc6c(c5)C(C)(C)c5cccc7c8sc9ccccc9c8n-6c57)nc5ccccc45)c(B)c(B)c(B)c32)c1B. The van der Waals surface area contributed by atoms with Crippen LogP contribution in [0.25, 0.3) is 92.4 Å². The average molecular weight is 717 g/mol. The molecule has 0 N–H and O–H groups in total. The predicted molar refractivity (Wildman–Crippen MR) is 257 cm³/mol. The zero-order chi connectivity index (χ0) is 37.8. The van der Waals surface area contributed by atoms with Crippen LogP contribution in [-0.2, 0) is 5.41 Å². The molecule has 254 valence electrons. The van der Waals surface area contributed by atoms with E-state index in [1.54, 1.807) is 0 Å². The van der Waals surface area contributed by atoms with Crippen LogP contribution < -0.4 is 38.2 Å². The zero-order valence-corrected chi connectivity index (χ0v) is 33.6. The normalized spacial score (nSPS) is 13.6. The van der Waals surface area contributed by atoms with Crippen molar-refractivity contribution in [2.24, 2.45) is 0 Å². The van der Waals surface area contributed by atoms with Crippen LogP contribution in [0.5, 0.6) is 0 Å². The van der Waals surface area contributed by atoms with Gasteiger partial charge in [0.05, 0.1) is 32.6 Å². The lowest BCUT2D eigenvalue weighted by Gasteiger charge is -2.35. The fourth-order valence-corrected chi connectivity index (χ4v) is 11.0. The number of hydrogen-bond donors (Lipinski definition) is 0. The van der Waals surface area contributed by atoms with E-state index in [-0.39, 0.29) is 5.41 Å². The molecule has 0 amide bonds. The monoisotopic (exact) mass is 717 g/mol. The molecule has 5 heterocycles. The highest BCUT2D eigenvalue weighted by molar-refractivity contribution is 7.26. The number of para-hydroxylation sites is 2. The molecule has 0 atom stereocenters. The van der Waals surface area contributed by atoms with Crippen molar-refractivity contribution in [3.8, 4) is 28.3 Å². The minimum atomic E-state index is -0.242. The van der Waals surface area contributed by atoms with Crippen molar-refractivity contribution in [1.82, 2.24) is 14.5 Å². The molecule has 10 aromatic rings. The minimum absolute atomic E-state index is 0.242. The molecule has 0 fully saturated rings. The third kappa shape index (κ3) is 4.16. The molecule has 55 heavy (non-hydrogen) atoms. The van der Waals surface area contributed by atoms with E-state index in [0.717, 1.165) is 44.7 Å². The van der Waals surface area contributed by atoms with Crippen LogP contribution in [0.1, 0.15) is 25.0 Å². The van der Waals surface area contributed by atoms with E-state index in [1.807, 2.05) is 11.3 Å². The quantitative estimate of drug-likeness (QED) is 0.230. The lowest BCUT2D eigenvalue weighted by molar-refractivity contribution is 0.630. The van der Waals surface area contributed by atoms with Crippen molar-refractivity contribution in [2.75, 3.05) is 0 Å². The van der Waals surface area contributed by atoms with E-state index < -0.39 is 0 Å². The Morgan fingerprint density at radius 2 is 1.27 bits per heavy atom. The van der Waals surface area contributed by atoms with Crippen LogP contribution in [0.2, 0.25) is 0 Å². The summed E-state index contributed by atoms with van der Waals surface area (Å²) in [5, 5.41) is 6.07. The maximum Gasteiger partial charge on any atom is 0.160 e. The molecule has 4 nitrogen and oxygen atoms in total. The maximum absolute atomic E-state index is 7.05. The molecule has 0 spiro atoms. The van der Waals surface area contributed by atoms with Gasteiger partial charge in [-0.1, -0.05) is 101 Å². The first-order valence-corrected chi connectivity index (χ1v) is 20.1. The first-order valence-electron chi connectivity index (χ1n) is 19.3. The minimum Gasteiger partial charge on any atom is -0.456 e. The highest BCUT2D eigenvalue weighted by Crippen LogP contribution is 2.51. The highest BCUT2D eigenvalue weighted by atomic mass is 32.1. The lowest BCUT2D eigenvalue weighted by atomic mass is 9.64. The molecule has 1 aliphatic rings.